The third kappa shape index (κ3) is 3.78. The van der Waals surface area contributed by atoms with E-state index in [2.05, 4.69) is 15.6 Å². The fraction of sp³-hybridized carbons (Fsp3) is 0.0625. The van der Waals surface area contributed by atoms with Crippen molar-refractivity contribution in [2.45, 2.75) is 6.92 Å². The number of non-ortho nitro benzene ring substituents is 1. The van der Waals surface area contributed by atoms with Crippen molar-refractivity contribution in [2.75, 3.05) is 5.32 Å². The maximum absolute atomic E-state index is 12.2. The highest BCUT2D eigenvalue weighted by atomic mass is 32.1. The molecule has 2 aromatic carbocycles. The Balaban J connectivity index is 1.72. The van der Waals surface area contributed by atoms with Crippen molar-refractivity contribution in [2.24, 2.45) is 0 Å². The average Bonchev–Trinajstić information content (AvgIpc) is 2.95. The Bertz CT molecular complexity index is 1000. The smallest absolute Gasteiger partial charge is 0.270 e. The van der Waals surface area contributed by atoms with Gasteiger partial charge in [-0.2, -0.15) is 0 Å². The molecule has 0 aliphatic heterocycles. The molecule has 2 N–H and O–H groups in total. The topological polar surface area (TPSA) is 97.2 Å². The molecule has 0 fully saturated rings. The first kappa shape index (κ1) is 16.9. The van der Waals surface area contributed by atoms with Gasteiger partial charge in [-0.05, 0) is 36.8 Å². The van der Waals surface area contributed by atoms with E-state index in [0.717, 1.165) is 5.56 Å². The van der Waals surface area contributed by atoms with Crippen LogP contribution in [0.4, 0.5) is 10.8 Å². The number of thiazole rings is 1. The van der Waals surface area contributed by atoms with Crippen molar-refractivity contribution < 1.29 is 9.72 Å². The summed E-state index contributed by atoms with van der Waals surface area (Å²) in [5.41, 5.74) is 1.99. The minimum atomic E-state index is -0.459. The van der Waals surface area contributed by atoms with Crippen LogP contribution in [0.25, 0.3) is 10.2 Å². The number of hydrogen-bond donors (Lipinski definition) is 2. The van der Waals surface area contributed by atoms with Crippen LogP contribution < -0.4 is 10.6 Å². The molecule has 1 amide bonds. The molecule has 0 saturated carbocycles. The zero-order valence-electron chi connectivity index (χ0n) is 13.0. The predicted molar refractivity (Wildman–Crippen MR) is 101 cm³/mol. The molecule has 0 radical (unpaired) electrons. The van der Waals surface area contributed by atoms with Gasteiger partial charge in [0.1, 0.15) is 0 Å². The zero-order valence-corrected chi connectivity index (χ0v) is 14.6. The molecule has 0 saturated heterocycles. The summed E-state index contributed by atoms with van der Waals surface area (Å²) < 4.78 is 0.657. The molecule has 9 heteroatoms. The highest BCUT2D eigenvalue weighted by Crippen LogP contribution is 2.29. The second kappa shape index (κ2) is 6.91. The number of nitro benzene ring substituents is 1. The van der Waals surface area contributed by atoms with Gasteiger partial charge in [-0.3, -0.25) is 20.2 Å². The number of fused-ring (bicyclic) bond motifs is 1. The minimum Gasteiger partial charge on any atom is -0.308 e. The molecule has 1 aromatic heterocycles. The Morgan fingerprint density at radius 1 is 1.28 bits per heavy atom. The quantitative estimate of drug-likeness (QED) is 0.414. The molecule has 3 aromatic rings. The fourth-order valence-corrected chi connectivity index (χ4v) is 3.36. The zero-order chi connectivity index (χ0) is 18.0. The van der Waals surface area contributed by atoms with Crippen molar-refractivity contribution in [1.82, 2.24) is 10.3 Å². The lowest BCUT2D eigenvalue weighted by atomic mass is 10.1. The SMILES string of the molecule is Cc1ccccc1C(=O)NC(=S)Nc1nc2ccc([N+](=O)[O-])cc2s1. The van der Waals surface area contributed by atoms with Crippen LogP contribution in [0, 0.1) is 17.0 Å². The highest BCUT2D eigenvalue weighted by Gasteiger charge is 2.13. The Morgan fingerprint density at radius 3 is 2.76 bits per heavy atom. The molecule has 1 heterocycles. The lowest BCUT2D eigenvalue weighted by molar-refractivity contribution is -0.384. The number of nitrogens with zero attached hydrogens (tertiary/aromatic N) is 2. The first-order valence-electron chi connectivity index (χ1n) is 7.17. The van der Waals surface area contributed by atoms with Gasteiger partial charge >= 0.3 is 0 Å². The maximum atomic E-state index is 12.2. The molecule has 0 atom stereocenters. The van der Waals surface area contributed by atoms with E-state index >= 15 is 0 Å². The Hall–Kier alpha value is -2.91. The number of aryl methyl sites for hydroxylation is 1. The Morgan fingerprint density at radius 2 is 2.04 bits per heavy atom. The minimum absolute atomic E-state index is 0.00173. The van der Waals surface area contributed by atoms with Crippen molar-refractivity contribution in [1.29, 1.82) is 0 Å². The van der Waals surface area contributed by atoms with Crippen LogP contribution in [0.1, 0.15) is 15.9 Å². The molecule has 0 aliphatic rings. The van der Waals surface area contributed by atoms with E-state index in [-0.39, 0.29) is 16.7 Å². The van der Waals surface area contributed by atoms with Gasteiger partial charge in [-0.25, -0.2) is 4.98 Å². The number of thiocarbonyl (C=S) groups is 1. The molecule has 7 nitrogen and oxygen atoms in total. The molecule has 0 bridgehead atoms. The predicted octanol–water partition coefficient (Wildman–Crippen LogP) is 3.64. The fourth-order valence-electron chi connectivity index (χ4n) is 2.21. The highest BCUT2D eigenvalue weighted by molar-refractivity contribution is 7.80. The lowest BCUT2D eigenvalue weighted by Crippen LogP contribution is -2.34. The number of benzene rings is 2. The number of carbonyl (C=O) groups is 1. The number of anilines is 1. The summed E-state index contributed by atoms with van der Waals surface area (Å²) in [5, 5.41) is 16.8. The van der Waals surface area contributed by atoms with Crippen molar-refractivity contribution in [3.63, 3.8) is 0 Å². The van der Waals surface area contributed by atoms with Crippen LogP contribution >= 0.6 is 23.6 Å². The lowest BCUT2D eigenvalue weighted by Gasteiger charge is -2.08. The number of nitro groups is 1. The molecule has 0 spiro atoms. The largest absolute Gasteiger partial charge is 0.308 e. The summed E-state index contributed by atoms with van der Waals surface area (Å²) in [7, 11) is 0. The van der Waals surface area contributed by atoms with Crippen molar-refractivity contribution in [3.05, 3.63) is 63.7 Å². The van der Waals surface area contributed by atoms with Crippen LogP contribution in [0.5, 0.6) is 0 Å². The third-order valence-electron chi connectivity index (χ3n) is 3.42. The van der Waals surface area contributed by atoms with E-state index in [1.54, 1.807) is 18.2 Å². The summed E-state index contributed by atoms with van der Waals surface area (Å²) >= 11 is 6.36. The van der Waals surface area contributed by atoms with Gasteiger partial charge in [-0.15, -0.1) is 0 Å². The monoisotopic (exact) mass is 372 g/mol. The van der Waals surface area contributed by atoms with Gasteiger partial charge in [0.25, 0.3) is 11.6 Å². The standard InChI is InChI=1S/C16H12N4O3S2/c1-9-4-2-3-5-11(9)14(21)18-15(24)19-16-17-12-7-6-10(20(22)23)8-13(12)25-16/h2-8H,1H3,(H2,17,18,19,21,24). The molecule has 3 rings (SSSR count). The molecular formula is C16H12N4O3S2. The maximum Gasteiger partial charge on any atom is 0.270 e. The van der Waals surface area contributed by atoms with E-state index in [9.17, 15) is 14.9 Å². The van der Waals surface area contributed by atoms with Crippen molar-refractivity contribution >= 4 is 55.6 Å². The van der Waals surface area contributed by atoms with Crippen LogP contribution in [-0.4, -0.2) is 20.9 Å². The van der Waals surface area contributed by atoms with E-state index in [1.807, 2.05) is 19.1 Å². The summed E-state index contributed by atoms with van der Waals surface area (Å²) in [6.45, 7) is 1.84. The second-order valence-corrected chi connectivity index (χ2v) is 6.59. The summed E-state index contributed by atoms with van der Waals surface area (Å²) in [5.74, 6) is -0.313. The van der Waals surface area contributed by atoms with Crippen LogP contribution in [0.15, 0.2) is 42.5 Å². The van der Waals surface area contributed by atoms with Crippen LogP contribution in [0.3, 0.4) is 0 Å². The Kier molecular flexibility index (Phi) is 4.68. The van der Waals surface area contributed by atoms with E-state index < -0.39 is 4.92 Å². The van der Waals surface area contributed by atoms with Crippen molar-refractivity contribution in [3.8, 4) is 0 Å². The molecular weight excluding hydrogens is 360 g/mol. The summed E-state index contributed by atoms with van der Waals surface area (Å²) in [6.07, 6.45) is 0. The normalized spacial score (nSPS) is 10.4. The first-order valence-corrected chi connectivity index (χ1v) is 8.39. The van der Waals surface area contributed by atoms with Gasteiger partial charge in [0, 0.05) is 17.7 Å². The van der Waals surface area contributed by atoms with Gasteiger partial charge in [0.2, 0.25) is 0 Å². The molecule has 0 unspecified atom stereocenters. The van der Waals surface area contributed by atoms with Crippen LogP contribution in [0.2, 0.25) is 0 Å². The third-order valence-corrected chi connectivity index (χ3v) is 4.56. The first-order chi connectivity index (χ1) is 11.9. The van der Waals surface area contributed by atoms with Gasteiger partial charge in [0.15, 0.2) is 10.2 Å². The Labute approximate surface area is 151 Å². The second-order valence-electron chi connectivity index (χ2n) is 5.15. The number of nitrogens with one attached hydrogen (secondary N) is 2. The summed E-state index contributed by atoms with van der Waals surface area (Å²) in [6, 6.07) is 11.6. The molecule has 0 aliphatic carbocycles. The van der Waals surface area contributed by atoms with E-state index in [1.165, 1.54) is 23.5 Å². The van der Waals surface area contributed by atoms with Gasteiger partial charge < -0.3 is 5.32 Å². The van der Waals surface area contributed by atoms with Gasteiger partial charge in [0.05, 0.1) is 15.1 Å². The number of amides is 1. The molecule has 126 valence electrons. The average molecular weight is 372 g/mol. The summed E-state index contributed by atoms with van der Waals surface area (Å²) in [4.78, 5) is 26.9. The number of rotatable bonds is 3. The number of hydrogen-bond acceptors (Lipinski definition) is 6. The molecule has 25 heavy (non-hydrogen) atoms. The van der Waals surface area contributed by atoms with Gasteiger partial charge in [-0.1, -0.05) is 29.5 Å². The number of aromatic nitrogens is 1. The van der Waals surface area contributed by atoms with E-state index in [4.69, 9.17) is 12.2 Å². The number of carbonyl (C=O) groups excluding carboxylic acids is 1. The van der Waals surface area contributed by atoms with Crippen LogP contribution in [-0.2, 0) is 0 Å². The van der Waals surface area contributed by atoms with E-state index in [0.29, 0.717) is 20.9 Å².